The van der Waals surface area contributed by atoms with Gasteiger partial charge in [-0.25, -0.2) is 0 Å². The van der Waals surface area contributed by atoms with Crippen molar-refractivity contribution in [3.8, 4) is 0 Å². The first-order chi connectivity index (χ1) is 6.78. The van der Waals surface area contributed by atoms with Crippen LogP contribution in [0.3, 0.4) is 0 Å². The Labute approximate surface area is 97.5 Å². The monoisotopic (exact) mass is 232 g/mol. The second kappa shape index (κ2) is 5.96. The molecule has 0 amide bonds. The Balaban J connectivity index is 4.57. The summed E-state index contributed by atoms with van der Waals surface area (Å²) in [4.78, 5) is 3.39. The Morgan fingerprint density at radius 3 is 1.87 bits per heavy atom. The second-order valence-corrected chi connectivity index (χ2v) is 5.75. The van der Waals surface area contributed by atoms with E-state index in [2.05, 4.69) is 48.6 Å². The van der Waals surface area contributed by atoms with Crippen molar-refractivity contribution in [2.24, 2.45) is 0 Å². The van der Waals surface area contributed by atoms with Gasteiger partial charge in [0.15, 0.2) is 0 Å². The van der Waals surface area contributed by atoms with Crippen molar-refractivity contribution in [2.45, 2.75) is 51.5 Å². The van der Waals surface area contributed by atoms with Crippen LogP contribution >= 0.6 is 0 Å². The molecule has 4 nitrogen and oxygen atoms in total. The van der Waals surface area contributed by atoms with Crippen molar-refractivity contribution in [1.29, 1.82) is 0 Å². The third kappa shape index (κ3) is 5.63. The maximum atomic E-state index is 3.59. The van der Waals surface area contributed by atoms with Gasteiger partial charge in [0.05, 0.1) is 10.4 Å². The Bertz CT molecular complexity index is 175. The molecule has 92 valence electrons. The van der Waals surface area contributed by atoms with Crippen LogP contribution in [0.4, 0.5) is 0 Å². The topological polar surface area (TPSA) is 48.1 Å². The molecule has 0 aliphatic heterocycles. The molecule has 0 aromatic rings. The summed E-state index contributed by atoms with van der Waals surface area (Å²) >= 11 is 0. The van der Waals surface area contributed by atoms with E-state index in [4.69, 9.17) is 0 Å². The fourth-order valence-corrected chi connectivity index (χ4v) is 1.91. The molecule has 0 heterocycles. The normalized spacial score (nSPS) is 15.6. The third-order valence-corrected chi connectivity index (χ3v) is 3.53. The number of rotatable bonds is 6. The van der Waals surface area contributed by atoms with Gasteiger partial charge in [-0.15, -0.1) is 0 Å². The van der Waals surface area contributed by atoms with Crippen LogP contribution in [0.25, 0.3) is 0 Å². The minimum absolute atomic E-state index is 0.0803. The van der Waals surface area contributed by atoms with Crippen LogP contribution in [0.1, 0.15) is 34.1 Å². The van der Waals surface area contributed by atoms with E-state index >= 15 is 0 Å². The lowest BCUT2D eigenvalue weighted by Gasteiger charge is -2.41. The molecule has 0 radical (unpaired) electrons. The molecule has 15 heavy (non-hydrogen) atoms. The maximum absolute atomic E-state index is 3.59. The van der Waals surface area contributed by atoms with Crippen molar-refractivity contribution in [3.63, 3.8) is 0 Å². The molecule has 0 aliphatic carbocycles. The van der Waals surface area contributed by atoms with Crippen molar-refractivity contribution in [1.82, 2.24) is 20.9 Å². The van der Waals surface area contributed by atoms with Crippen LogP contribution in [0.15, 0.2) is 0 Å². The first-order valence-electron chi connectivity index (χ1n) is 5.63. The molecule has 0 saturated carbocycles. The maximum Gasteiger partial charge on any atom is 0.124 e. The van der Waals surface area contributed by atoms with E-state index in [9.17, 15) is 0 Å². The van der Waals surface area contributed by atoms with Gasteiger partial charge in [0.1, 0.15) is 5.79 Å². The Morgan fingerprint density at radius 1 is 1.13 bits per heavy atom. The van der Waals surface area contributed by atoms with Gasteiger partial charge in [0, 0.05) is 18.0 Å². The lowest BCUT2D eigenvalue weighted by atomic mass is 10.0. The minimum Gasteiger partial charge on any atom is -0.343 e. The van der Waals surface area contributed by atoms with Crippen molar-refractivity contribution >= 4 is 10.4 Å². The zero-order valence-corrected chi connectivity index (χ0v) is 13.3. The lowest BCUT2D eigenvalue weighted by molar-refractivity contribution is 0.148. The predicted octanol–water partition coefficient (Wildman–Crippen LogP) is -0.884. The summed E-state index contributed by atoms with van der Waals surface area (Å²) in [6, 6.07) is 0.506. The Hall–Kier alpha value is 0.0569. The van der Waals surface area contributed by atoms with E-state index in [1.54, 1.807) is 0 Å². The molecule has 0 aromatic carbocycles. The first-order valence-corrected chi connectivity index (χ1v) is 6.63. The van der Waals surface area contributed by atoms with Crippen LogP contribution in [0.2, 0.25) is 0 Å². The van der Waals surface area contributed by atoms with Crippen LogP contribution < -0.4 is 20.9 Å². The summed E-state index contributed by atoms with van der Waals surface area (Å²) in [6.45, 7) is 8.74. The van der Waals surface area contributed by atoms with Gasteiger partial charge in [-0.3, -0.25) is 16.0 Å². The summed E-state index contributed by atoms with van der Waals surface area (Å²) in [6.07, 6.45) is 1.00. The Morgan fingerprint density at radius 2 is 1.60 bits per heavy atom. The van der Waals surface area contributed by atoms with Crippen LogP contribution in [0.5, 0.6) is 0 Å². The molecule has 1 unspecified atom stereocenters. The van der Waals surface area contributed by atoms with Gasteiger partial charge in [0.25, 0.3) is 0 Å². The smallest absolute Gasteiger partial charge is 0.124 e. The molecule has 0 rings (SSSR count). The Kier molecular flexibility index (Phi) is 5.98. The fraction of sp³-hybridized carbons (Fsp3) is 1.00. The van der Waals surface area contributed by atoms with Crippen LogP contribution in [0, 0.1) is 0 Å². The van der Waals surface area contributed by atoms with Gasteiger partial charge in [0.2, 0.25) is 0 Å². The van der Waals surface area contributed by atoms with E-state index < -0.39 is 0 Å². The number of nitrogens with one attached hydrogen (secondary N) is 4. The molecule has 0 fully saturated rings. The molecule has 0 spiro atoms. The van der Waals surface area contributed by atoms with Crippen molar-refractivity contribution in [2.75, 3.05) is 14.1 Å². The van der Waals surface area contributed by atoms with E-state index in [1.807, 2.05) is 14.1 Å². The lowest BCUT2D eigenvalue weighted by Crippen LogP contribution is -2.70. The molecule has 1 atom stereocenters. The second-order valence-electron chi connectivity index (χ2n) is 5.17. The highest BCUT2D eigenvalue weighted by Crippen LogP contribution is 2.11. The zero-order valence-electron chi connectivity index (χ0n) is 11.3. The summed E-state index contributed by atoms with van der Waals surface area (Å²) in [5.41, 5.74) is 0.0803. The van der Waals surface area contributed by atoms with Gasteiger partial charge < -0.3 is 4.98 Å². The van der Waals surface area contributed by atoms with Gasteiger partial charge >= 0.3 is 0 Å². The van der Waals surface area contributed by atoms with Gasteiger partial charge in [-0.2, -0.15) is 0 Å². The molecule has 0 saturated heterocycles. The first kappa shape index (κ1) is 15.1. The highest BCUT2D eigenvalue weighted by Gasteiger charge is 2.31. The molecular weight excluding hydrogens is 204 g/mol. The SMILES string of the molecule is CNC(CC(C)N[SiH3])(NC)NC(C)(C)C. The summed E-state index contributed by atoms with van der Waals surface area (Å²) in [5, 5.41) is 10.3. The average molecular weight is 232 g/mol. The van der Waals surface area contributed by atoms with E-state index in [-0.39, 0.29) is 11.3 Å². The average Bonchev–Trinajstić information content (AvgIpc) is 2.14. The minimum atomic E-state index is -0.199. The molecular formula is C10H28N4Si. The van der Waals surface area contributed by atoms with Crippen LogP contribution in [-0.2, 0) is 0 Å². The molecule has 4 N–H and O–H groups in total. The predicted molar refractivity (Wildman–Crippen MR) is 70.9 cm³/mol. The van der Waals surface area contributed by atoms with Gasteiger partial charge in [-0.05, 0) is 34.9 Å². The number of hydrogen-bond acceptors (Lipinski definition) is 4. The fourth-order valence-electron chi connectivity index (χ4n) is 1.71. The van der Waals surface area contributed by atoms with E-state index in [1.165, 1.54) is 0 Å². The molecule has 0 bridgehead atoms. The molecule has 0 aromatic heterocycles. The zero-order chi connectivity index (χ0) is 12.1. The summed E-state index contributed by atoms with van der Waals surface area (Å²) in [7, 11) is 4.99. The molecule has 0 aliphatic rings. The number of hydrogen-bond donors (Lipinski definition) is 4. The summed E-state index contributed by atoms with van der Waals surface area (Å²) < 4.78 is 0. The van der Waals surface area contributed by atoms with E-state index in [0.29, 0.717) is 6.04 Å². The largest absolute Gasteiger partial charge is 0.343 e. The van der Waals surface area contributed by atoms with Crippen molar-refractivity contribution in [3.05, 3.63) is 0 Å². The molecule has 5 heteroatoms. The van der Waals surface area contributed by atoms with Crippen molar-refractivity contribution < 1.29 is 0 Å². The van der Waals surface area contributed by atoms with E-state index in [0.717, 1.165) is 16.8 Å². The quantitative estimate of drug-likeness (QED) is 0.355. The van der Waals surface area contributed by atoms with Gasteiger partial charge in [-0.1, -0.05) is 6.92 Å². The third-order valence-electron chi connectivity index (χ3n) is 2.55. The standard InChI is InChI=1S/C10H28N4Si/c1-8(13-15)7-10(11-5,12-6)14-9(2,3)4/h8,11-14H,7H2,1-6,15H3. The summed E-state index contributed by atoms with van der Waals surface area (Å²) in [5.74, 6) is -0.199. The highest BCUT2D eigenvalue weighted by molar-refractivity contribution is 6.04. The van der Waals surface area contributed by atoms with Crippen LogP contribution in [-0.4, -0.2) is 41.9 Å². The highest BCUT2D eigenvalue weighted by atomic mass is 28.2.